The molecule has 8 heteroatoms. The Hall–Kier alpha value is -3.08. The Kier molecular flexibility index (Phi) is 4.10. The van der Waals surface area contributed by atoms with Crippen LogP contribution in [0.5, 0.6) is 5.88 Å². The number of rotatable bonds is 3. The minimum absolute atomic E-state index is 0.0959. The van der Waals surface area contributed by atoms with Crippen molar-refractivity contribution >= 4 is 11.9 Å². The molecule has 1 amide bonds. The second kappa shape index (κ2) is 6.36. The van der Waals surface area contributed by atoms with Crippen molar-refractivity contribution in [2.24, 2.45) is 0 Å². The quantitative estimate of drug-likeness (QED) is 0.831. The van der Waals surface area contributed by atoms with Gasteiger partial charge in [0.15, 0.2) is 0 Å². The zero-order valence-corrected chi connectivity index (χ0v) is 12.6. The minimum atomic E-state index is -0.266. The van der Waals surface area contributed by atoms with E-state index in [9.17, 15) is 4.79 Å². The van der Waals surface area contributed by atoms with E-state index < -0.39 is 0 Å². The lowest BCUT2D eigenvalue weighted by atomic mass is 10.2. The lowest BCUT2D eigenvalue weighted by Gasteiger charge is -2.34. The van der Waals surface area contributed by atoms with Crippen LogP contribution in [0.3, 0.4) is 0 Å². The van der Waals surface area contributed by atoms with Crippen molar-refractivity contribution < 1.29 is 13.9 Å². The summed E-state index contributed by atoms with van der Waals surface area (Å²) in [6, 6.07) is 5.14. The zero-order chi connectivity index (χ0) is 16.2. The molecule has 2 aromatic heterocycles. The van der Waals surface area contributed by atoms with Gasteiger partial charge in [-0.2, -0.15) is 10.2 Å². The highest BCUT2D eigenvalue weighted by Crippen LogP contribution is 2.17. The molecule has 118 valence electrons. The van der Waals surface area contributed by atoms with Crippen molar-refractivity contribution in [3.8, 4) is 11.9 Å². The van der Waals surface area contributed by atoms with Crippen LogP contribution in [0, 0.1) is 11.3 Å². The largest absolute Gasteiger partial charge is 0.481 e. The third-order valence-corrected chi connectivity index (χ3v) is 3.66. The number of piperazine rings is 1. The first kappa shape index (κ1) is 14.8. The van der Waals surface area contributed by atoms with E-state index in [1.165, 1.54) is 12.3 Å². The highest BCUT2D eigenvalue weighted by molar-refractivity contribution is 5.94. The molecular formula is C15H15N5O3. The summed E-state index contributed by atoms with van der Waals surface area (Å²) in [5.74, 6) is 0.909. The molecule has 0 radical (unpaired) electrons. The molecule has 1 aliphatic heterocycles. The van der Waals surface area contributed by atoms with E-state index in [1.54, 1.807) is 24.3 Å². The van der Waals surface area contributed by atoms with Gasteiger partial charge < -0.3 is 19.0 Å². The van der Waals surface area contributed by atoms with Crippen LogP contribution in [0.1, 0.15) is 16.1 Å². The van der Waals surface area contributed by atoms with Crippen LogP contribution in [0.15, 0.2) is 29.0 Å². The molecule has 0 N–H and O–H groups in total. The zero-order valence-electron chi connectivity index (χ0n) is 12.6. The number of hydrogen-bond donors (Lipinski definition) is 0. The molecular weight excluding hydrogens is 298 g/mol. The summed E-state index contributed by atoms with van der Waals surface area (Å²) in [7, 11) is 1.55. The van der Waals surface area contributed by atoms with Gasteiger partial charge in [0.2, 0.25) is 17.6 Å². The monoisotopic (exact) mass is 313 g/mol. The molecule has 1 aliphatic rings. The lowest BCUT2D eigenvalue weighted by Crippen LogP contribution is -2.49. The maximum Gasteiger partial charge on any atom is 0.291 e. The molecule has 0 spiro atoms. The molecule has 0 atom stereocenters. The van der Waals surface area contributed by atoms with Gasteiger partial charge in [-0.15, -0.1) is 0 Å². The fraction of sp³-hybridized carbons (Fsp3) is 0.333. The number of carbonyl (C=O) groups excluding carboxylic acids is 1. The maximum absolute atomic E-state index is 12.4. The number of nitriles is 1. The summed E-state index contributed by atoms with van der Waals surface area (Å²) in [4.78, 5) is 24.6. The Bertz CT molecular complexity index is 744. The normalized spacial score (nSPS) is 14.4. The smallest absolute Gasteiger partial charge is 0.291 e. The van der Waals surface area contributed by atoms with Crippen LogP contribution < -0.4 is 9.64 Å². The molecule has 3 heterocycles. The van der Waals surface area contributed by atoms with Gasteiger partial charge in [0, 0.05) is 38.4 Å². The number of ether oxygens (including phenoxy) is 1. The first-order chi connectivity index (χ1) is 11.2. The van der Waals surface area contributed by atoms with Crippen LogP contribution in [-0.4, -0.2) is 54.1 Å². The number of anilines is 1. The third kappa shape index (κ3) is 2.94. The second-order valence-electron chi connectivity index (χ2n) is 4.95. The first-order valence-corrected chi connectivity index (χ1v) is 7.12. The van der Waals surface area contributed by atoms with Crippen molar-refractivity contribution in [2.45, 2.75) is 0 Å². The molecule has 0 aliphatic carbocycles. The Labute approximate surface area is 132 Å². The predicted octanol–water partition coefficient (Wildman–Crippen LogP) is 0.912. The topological polar surface area (TPSA) is 95.5 Å². The Balaban J connectivity index is 1.66. The van der Waals surface area contributed by atoms with Crippen LogP contribution >= 0.6 is 0 Å². The molecule has 2 aromatic rings. The molecule has 0 aromatic carbocycles. The lowest BCUT2D eigenvalue weighted by molar-refractivity contribution is 0.0713. The van der Waals surface area contributed by atoms with Gasteiger partial charge in [-0.3, -0.25) is 4.79 Å². The van der Waals surface area contributed by atoms with E-state index in [-0.39, 0.29) is 17.2 Å². The van der Waals surface area contributed by atoms with Crippen molar-refractivity contribution in [3.05, 3.63) is 35.9 Å². The number of hydrogen-bond acceptors (Lipinski definition) is 7. The number of nitrogens with zero attached hydrogens (tertiary/aromatic N) is 5. The summed E-state index contributed by atoms with van der Waals surface area (Å²) in [6.45, 7) is 2.21. The van der Waals surface area contributed by atoms with Gasteiger partial charge in [-0.25, -0.2) is 4.98 Å². The summed E-state index contributed by atoms with van der Waals surface area (Å²) in [5.41, 5.74) is 0.258. The van der Waals surface area contributed by atoms with Crippen LogP contribution in [0.4, 0.5) is 5.95 Å². The predicted molar refractivity (Wildman–Crippen MR) is 80.1 cm³/mol. The standard InChI is InChI=1S/C15H15N5O3/c1-22-12-2-4-17-15(18-12)20-7-5-19(6-8-20)14(21)13-11(10-16)3-9-23-13/h2-4,9H,5-8H2,1H3. The highest BCUT2D eigenvalue weighted by Gasteiger charge is 2.27. The van der Waals surface area contributed by atoms with Crippen molar-refractivity contribution in [2.75, 3.05) is 38.2 Å². The number of aromatic nitrogens is 2. The highest BCUT2D eigenvalue weighted by atomic mass is 16.5. The molecule has 1 saturated heterocycles. The van der Waals surface area contributed by atoms with E-state index in [4.69, 9.17) is 14.4 Å². The van der Waals surface area contributed by atoms with E-state index in [1.807, 2.05) is 11.0 Å². The average Bonchev–Trinajstić information content (AvgIpc) is 3.10. The summed E-state index contributed by atoms with van der Waals surface area (Å²) in [6.07, 6.45) is 2.99. The summed E-state index contributed by atoms with van der Waals surface area (Å²) in [5, 5.41) is 8.98. The number of carbonyl (C=O) groups is 1. The Morgan fingerprint density at radius 3 is 2.83 bits per heavy atom. The fourth-order valence-electron chi connectivity index (χ4n) is 2.41. The number of methoxy groups -OCH3 is 1. The van der Waals surface area contributed by atoms with Crippen molar-refractivity contribution in [3.63, 3.8) is 0 Å². The van der Waals surface area contributed by atoms with Gasteiger partial charge in [0.05, 0.1) is 13.4 Å². The van der Waals surface area contributed by atoms with E-state index >= 15 is 0 Å². The third-order valence-electron chi connectivity index (χ3n) is 3.66. The Morgan fingerprint density at radius 2 is 2.13 bits per heavy atom. The molecule has 3 rings (SSSR count). The van der Waals surface area contributed by atoms with Crippen LogP contribution in [0.25, 0.3) is 0 Å². The summed E-state index contributed by atoms with van der Waals surface area (Å²) >= 11 is 0. The van der Waals surface area contributed by atoms with Gasteiger partial charge in [-0.05, 0) is 6.07 Å². The number of furan rings is 1. The van der Waals surface area contributed by atoms with E-state index in [0.717, 1.165) is 0 Å². The SMILES string of the molecule is COc1ccnc(N2CCN(C(=O)c3occc3C#N)CC2)n1. The van der Waals surface area contributed by atoms with Crippen molar-refractivity contribution in [1.29, 1.82) is 5.26 Å². The molecule has 8 nitrogen and oxygen atoms in total. The number of amides is 1. The van der Waals surface area contributed by atoms with Crippen LogP contribution in [-0.2, 0) is 0 Å². The maximum atomic E-state index is 12.4. The van der Waals surface area contributed by atoms with E-state index in [2.05, 4.69) is 9.97 Å². The average molecular weight is 313 g/mol. The van der Waals surface area contributed by atoms with Gasteiger partial charge in [-0.1, -0.05) is 0 Å². The summed E-state index contributed by atoms with van der Waals surface area (Å²) < 4.78 is 10.2. The Morgan fingerprint density at radius 1 is 1.35 bits per heavy atom. The molecule has 0 unspecified atom stereocenters. The first-order valence-electron chi connectivity index (χ1n) is 7.12. The molecule has 0 saturated carbocycles. The minimum Gasteiger partial charge on any atom is -0.481 e. The van der Waals surface area contributed by atoms with Gasteiger partial charge in [0.25, 0.3) is 5.91 Å². The fourth-order valence-corrected chi connectivity index (χ4v) is 2.41. The molecule has 0 bridgehead atoms. The van der Waals surface area contributed by atoms with Gasteiger partial charge >= 0.3 is 0 Å². The molecule has 23 heavy (non-hydrogen) atoms. The molecule has 1 fully saturated rings. The van der Waals surface area contributed by atoms with Gasteiger partial charge in [0.1, 0.15) is 11.6 Å². The second-order valence-corrected chi connectivity index (χ2v) is 4.95. The van der Waals surface area contributed by atoms with E-state index in [0.29, 0.717) is 38.0 Å². The van der Waals surface area contributed by atoms with Crippen LogP contribution in [0.2, 0.25) is 0 Å². The van der Waals surface area contributed by atoms with Crippen molar-refractivity contribution in [1.82, 2.24) is 14.9 Å².